The van der Waals surface area contributed by atoms with Gasteiger partial charge in [0.15, 0.2) is 0 Å². The van der Waals surface area contributed by atoms with Crippen LogP contribution in [0.15, 0.2) is 0 Å². The molecule has 1 amide bonds. The molecule has 1 spiro atoms. The first kappa shape index (κ1) is 13.1. The summed E-state index contributed by atoms with van der Waals surface area (Å²) in [5, 5.41) is 0. The van der Waals surface area contributed by atoms with Gasteiger partial charge >= 0.3 is 6.09 Å². The Kier molecular flexibility index (Phi) is 2.50. The standard InChI is InChI=1S/C14H21F2NO2/c1-12(2,3)19-11(18)17-9-4-5-10(17)7-13(6-9)8-14(13,15)16/h9-10H,4-8H2,1-3H3. The first-order valence-electron chi connectivity index (χ1n) is 7.03. The van der Waals surface area contributed by atoms with Crippen LogP contribution in [0.5, 0.6) is 0 Å². The molecule has 2 saturated heterocycles. The molecule has 3 fully saturated rings. The van der Waals surface area contributed by atoms with Gasteiger partial charge < -0.3 is 9.64 Å². The van der Waals surface area contributed by atoms with Gasteiger partial charge in [-0.1, -0.05) is 0 Å². The Balaban J connectivity index is 1.72. The molecule has 0 aromatic rings. The Morgan fingerprint density at radius 1 is 1.21 bits per heavy atom. The fourth-order valence-electron chi connectivity index (χ4n) is 3.78. The molecule has 19 heavy (non-hydrogen) atoms. The van der Waals surface area contributed by atoms with E-state index in [1.165, 1.54) is 0 Å². The number of carbonyl (C=O) groups excluding carboxylic acids is 1. The first-order chi connectivity index (χ1) is 8.64. The fourth-order valence-corrected chi connectivity index (χ4v) is 3.78. The Bertz CT molecular complexity index is 402. The Hall–Kier alpha value is -0.870. The van der Waals surface area contributed by atoms with Gasteiger partial charge in [-0.2, -0.15) is 0 Å². The highest BCUT2D eigenvalue weighted by Crippen LogP contribution is 2.69. The minimum absolute atomic E-state index is 0.00909. The van der Waals surface area contributed by atoms with Crippen molar-refractivity contribution in [3.8, 4) is 0 Å². The van der Waals surface area contributed by atoms with Crippen LogP contribution in [0.3, 0.4) is 0 Å². The highest BCUT2D eigenvalue weighted by Gasteiger charge is 2.74. The van der Waals surface area contributed by atoms with Gasteiger partial charge in [-0.15, -0.1) is 0 Å². The van der Waals surface area contributed by atoms with Gasteiger partial charge in [-0.25, -0.2) is 13.6 Å². The van der Waals surface area contributed by atoms with E-state index >= 15 is 0 Å². The molecular weight excluding hydrogens is 252 g/mol. The minimum atomic E-state index is -2.51. The summed E-state index contributed by atoms with van der Waals surface area (Å²) in [4.78, 5) is 13.9. The molecule has 3 nitrogen and oxygen atoms in total. The molecule has 2 unspecified atom stereocenters. The number of piperidine rings is 1. The van der Waals surface area contributed by atoms with Crippen molar-refractivity contribution in [2.45, 2.75) is 76.5 Å². The lowest BCUT2D eigenvalue weighted by Crippen LogP contribution is -2.49. The summed E-state index contributed by atoms with van der Waals surface area (Å²) in [6, 6.07) is -0.107. The second kappa shape index (κ2) is 3.61. The molecule has 108 valence electrons. The van der Waals surface area contributed by atoms with Crippen molar-refractivity contribution < 1.29 is 18.3 Å². The maximum absolute atomic E-state index is 13.5. The third-order valence-electron chi connectivity index (χ3n) is 4.69. The van der Waals surface area contributed by atoms with Gasteiger partial charge in [0.05, 0.1) is 0 Å². The number of alkyl halides is 2. The molecule has 5 heteroatoms. The molecule has 0 aromatic heterocycles. The van der Waals surface area contributed by atoms with E-state index in [-0.39, 0.29) is 24.6 Å². The average molecular weight is 273 g/mol. The van der Waals surface area contributed by atoms with E-state index in [4.69, 9.17) is 4.74 Å². The molecule has 2 bridgehead atoms. The van der Waals surface area contributed by atoms with Gasteiger partial charge in [0.1, 0.15) is 5.60 Å². The van der Waals surface area contributed by atoms with Crippen LogP contribution in [-0.4, -0.2) is 34.6 Å². The van der Waals surface area contributed by atoms with E-state index < -0.39 is 16.9 Å². The van der Waals surface area contributed by atoms with Crippen molar-refractivity contribution in [3.05, 3.63) is 0 Å². The number of fused-ring (bicyclic) bond motifs is 2. The molecule has 1 aliphatic carbocycles. The number of hydrogen-bond acceptors (Lipinski definition) is 2. The molecule has 3 rings (SSSR count). The first-order valence-corrected chi connectivity index (χ1v) is 7.03. The van der Waals surface area contributed by atoms with Crippen molar-refractivity contribution in [2.75, 3.05) is 0 Å². The average Bonchev–Trinajstić information content (AvgIpc) is 2.57. The number of halogens is 2. The molecular formula is C14H21F2NO2. The highest BCUT2D eigenvalue weighted by molar-refractivity contribution is 5.69. The lowest BCUT2D eigenvalue weighted by atomic mass is 9.87. The number of amides is 1. The van der Waals surface area contributed by atoms with Gasteiger partial charge in [0.2, 0.25) is 0 Å². The summed E-state index contributed by atoms with van der Waals surface area (Å²) in [5.74, 6) is -2.51. The highest BCUT2D eigenvalue weighted by atomic mass is 19.3. The summed E-state index contributed by atoms with van der Waals surface area (Å²) in [7, 11) is 0. The third kappa shape index (κ3) is 2.01. The topological polar surface area (TPSA) is 29.5 Å². The molecule has 2 atom stereocenters. The molecule has 2 aliphatic heterocycles. The molecule has 1 saturated carbocycles. The van der Waals surface area contributed by atoms with Crippen LogP contribution in [0, 0.1) is 5.41 Å². The van der Waals surface area contributed by atoms with E-state index in [0.717, 1.165) is 12.8 Å². The van der Waals surface area contributed by atoms with E-state index in [2.05, 4.69) is 0 Å². The van der Waals surface area contributed by atoms with E-state index in [9.17, 15) is 13.6 Å². The van der Waals surface area contributed by atoms with E-state index in [1.54, 1.807) is 4.90 Å². The normalized spacial score (nSPS) is 39.5. The number of rotatable bonds is 0. The predicted octanol–water partition coefficient (Wildman–Crippen LogP) is 3.57. The smallest absolute Gasteiger partial charge is 0.410 e. The number of carbonyl (C=O) groups is 1. The van der Waals surface area contributed by atoms with Crippen LogP contribution in [-0.2, 0) is 4.74 Å². The van der Waals surface area contributed by atoms with E-state index in [0.29, 0.717) is 12.8 Å². The second-order valence-corrected chi connectivity index (χ2v) is 7.34. The van der Waals surface area contributed by atoms with Crippen LogP contribution in [0.2, 0.25) is 0 Å². The lowest BCUT2D eigenvalue weighted by Gasteiger charge is -2.39. The predicted molar refractivity (Wildman–Crippen MR) is 66.1 cm³/mol. The Morgan fingerprint density at radius 3 is 2.05 bits per heavy atom. The summed E-state index contributed by atoms with van der Waals surface area (Å²) < 4.78 is 32.4. The third-order valence-corrected chi connectivity index (χ3v) is 4.69. The monoisotopic (exact) mass is 273 g/mol. The number of nitrogens with zero attached hydrogens (tertiary/aromatic N) is 1. The summed E-state index contributed by atoms with van der Waals surface area (Å²) in [6.07, 6.45) is 2.23. The molecule has 3 aliphatic rings. The Morgan fingerprint density at radius 2 is 1.68 bits per heavy atom. The summed E-state index contributed by atoms with van der Waals surface area (Å²) >= 11 is 0. The van der Waals surface area contributed by atoms with E-state index in [1.807, 2.05) is 20.8 Å². The minimum Gasteiger partial charge on any atom is -0.444 e. The quantitative estimate of drug-likeness (QED) is 0.675. The zero-order valence-corrected chi connectivity index (χ0v) is 11.7. The molecule has 0 radical (unpaired) electrons. The maximum atomic E-state index is 13.5. The van der Waals surface area contributed by atoms with Crippen LogP contribution in [0.1, 0.15) is 52.9 Å². The van der Waals surface area contributed by atoms with Crippen LogP contribution >= 0.6 is 0 Å². The molecule has 0 aromatic carbocycles. The number of ether oxygens (including phenoxy) is 1. The second-order valence-electron chi connectivity index (χ2n) is 7.34. The van der Waals surface area contributed by atoms with Gasteiger partial charge in [0, 0.05) is 23.9 Å². The Labute approximate surface area is 112 Å². The maximum Gasteiger partial charge on any atom is 0.410 e. The zero-order chi connectivity index (χ0) is 14.1. The van der Waals surface area contributed by atoms with Crippen molar-refractivity contribution in [3.63, 3.8) is 0 Å². The van der Waals surface area contributed by atoms with Crippen molar-refractivity contribution in [1.29, 1.82) is 0 Å². The van der Waals surface area contributed by atoms with Crippen molar-refractivity contribution >= 4 is 6.09 Å². The van der Waals surface area contributed by atoms with Crippen molar-refractivity contribution in [2.24, 2.45) is 5.41 Å². The SMILES string of the molecule is CC(C)(C)OC(=O)N1C2CCC1CC1(C2)CC1(F)F. The van der Waals surface area contributed by atoms with Crippen molar-refractivity contribution in [1.82, 2.24) is 4.90 Å². The fraction of sp³-hybridized carbons (Fsp3) is 0.929. The van der Waals surface area contributed by atoms with Crippen LogP contribution < -0.4 is 0 Å². The van der Waals surface area contributed by atoms with Gasteiger partial charge in [-0.3, -0.25) is 0 Å². The molecule has 0 N–H and O–H groups in total. The lowest BCUT2D eigenvalue weighted by molar-refractivity contribution is -0.0202. The van der Waals surface area contributed by atoms with Crippen LogP contribution in [0.4, 0.5) is 13.6 Å². The largest absolute Gasteiger partial charge is 0.444 e. The van der Waals surface area contributed by atoms with Gasteiger partial charge in [-0.05, 0) is 46.5 Å². The summed E-state index contributed by atoms with van der Waals surface area (Å²) in [6.45, 7) is 5.48. The van der Waals surface area contributed by atoms with Gasteiger partial charge in [0.25, 0.3) is 5.92 Å². The van der Waals surface area contributed by atoms with Crippen LogP contribution in [0.25, 0.3) is 0 Å². The molecule has 2 heterocycles. The summed E-state index contributed by atoms with van der Waals surface area (Å²) in [5.41, 5.74) is -1.34. The zero-order valence-electron chi connectivity index (χ0n) is 11.7. The number of hydrogen-bond donors (Lipinski definition) is 0.